The molecule has 0 atom stereocenters. The quantitative estimate of drug-likeness (QED) is 0.508. The van der Waals surface area contributed by atoms with E-state index in [9.17, 15) is 13.6 Å². The van der Waals surface area contributed by atoms with Gasteiger partial charge in [-0.05, 0) is 29.6 Å². The molecule has 0 unspecified atom stereocenters. The molecular formula is C15H11F2N3OS3. The summed E-state index contributed by atoms with van der Waals surface area (Å²) in [5, 5.41) is 12.8. The lowest BCUT2D eigenvalue weighted by Gasteiger charge is -2.01. The number of carbonyl (C=O) groups excluding carboxylic acids is 1. The number of benzene rings is 1. The van der Waals surface area contributed by atoms with Crippen LogP contribution in [0.1, 0.15) is 10.4 Å². The largest absolute Gasteiger partial charge is 0.300 e. The number of hydrogen-bond donors (Lipinski definition) is 1. The number of thiophene rings is 1. The average molecular weight is 383 g/mol. The molecule has 24 heavy (non-hydrogen) atoms. The lowest BCUT2D eigenvalue weighted by Crippen LogP contribution is -2.13. The molecule has 1 amide bonds. The highest BCUT2D eigenvalue weighted by Gasteiger charge is 2.11. The SMILES string of the molecule is O=C(Cc1cccs1)Nc1nnc(SCc2cc(F)ccc2F)s1. The Bertz CT molecular complexity index is 836. The Labute approximate surface area is 148 Å². The lowest BCUT2D eigenvalue weighted by atomic mass is 10.2. The maximum atomic E-state index is 13.6. The first kappa shape index (κ1) is 17.0. The van der Waals surface area contributed by atoms with Crippen molar-refractivity contribution in [2.45, 2.75) is 16.5 Å². The van der Waals surface area contributed by atoms with E-state index in [1.54, 1.807) is 0 Å². The van der Waals surface area contributed by atoms with Crippen LogP contribution >= 0.6 is 34.4 Å². The highest BCUT2D eigenvalue weighted by molar-refractivity contribution is 8.00. The Morgan fingerprint density at radius 1 is 1.25 bits per heavy atom. The van der Waals surface area contributed by atoms with E-state index in [4.69, 9.17) is 0 Å². The van der Waals surface area contributed by atoms with E-state index in [1.165, 1.54) is 34.4 Å². The summed E-state index contributed by atoms with van der Waals surface area (Å²) in [5.74, 6) is -0.869. The second kappa shape index (κ2) is 7.82. The average Bonchev–Trinajstić information content (AvgIpc) is 3.20. The zero-order valence-electron chi connectivity index (χ0n) is 12.2. The van der Waals surface area contributed by atoms with E-state index in [0.29, 0.717) is 9.47 Å². The van der Waals surface area contributed by atoms with E-state index < -0.39 is 11.6 Å². The molecule has 0 bridgehead atoms. The molecule has 0 saturated carbocycles. The summed E-state index contributed by atoms with van der Waals surface area (Å²) in [6, 6.07) is 7.11. The Kier molecular flexibility index (Phi) is 5.54. The monoisotopic (exact) mass is 383 g/mol. The van der Waals surface area contributed by atoms with Gasteiger partial charge in [-0.15, -0.1) is 21.5 Å². The number of nitrogens with zero attached hydrogens (tertiary/aromatic N) is 2. The zero-order valence-corrected chi connectivity index (χ0v) is 14.6. The fourth-order valence-electron chi connectivity index (χ4n) is 1.85. The van der Waals surface area contributed by atoms with E-state index in [1.807, 2.05) is 17.5 Å². The standard InChI is InChI=1S/C15H11F2N3OS3/c16-10-3-4-12(17)9(6-10)8-23-15-20-19-14(24-15)18-13(21)7-11-2-1-5-22-11/h1-6H,7-8H2,(H,18,19,21). The molecule has 9 heteroatoms. The molecule has 124 valence electrons. The van der Waals surface area contributed by atoms with Crippen LogP contribution in [0, 0.1) is 11.6 Å². The van der Waals surface area contributed by atoms with Crippen LogP contribution in [0.5, 0.6) is 0 Å². The summed E-state index contributed by atoms with van der Waals surface area (Å²) in [6.45, 7) is 0. The maximum Gasteiger partial charge on any atom is 0.231 e. The van der Waals surface area contributed by atoms with Gasteiger partial charge >= 0.3 is 0 Å². The van der Waals surface area contributed by atoms with Gasteiger partial charge in [0, 0.05) is 16.2 Å². The number of hydrogen-bond acceptors (Lipinski definition) is 6. The third-order valence-electron chi connectivity index (χ3n) is 2.93. The van der Waals surface area contributed by atoms with Gasteiger partial charge in [-0.25, -0.2) is 8.78 Å². The molecule has 0 radical (unpaired) electrons. The molecule has 4 nitrogen and oxygen atoms in total. The first-order chi connectivity index (χ1) is 11.6. The van der Waals surface area contributed by atoms with Gasteiger partial charge in [0.05, 0.1) is 6.42 Å². The van der Waals surface area contributed by atoms with Crippen molar-refractivity contribution in [3.63, 3.8) is 0 Å². The van der Waals surface area contributed by atoms with E-state index >= 15 is 0 Å². The number of carbonyl (C=O) groups is 1. The van der Waals surface area contributed by atoms with Crippen LogP contribution in [0.25, 0.3) is 0 Å². The summed E-state index contributed by atoms with van der Waals surface area (Å²) in [5.41, 5.74) is 0.262. The van der Waals surface area contributed by atoms with Crippen molar-refractivity contribution >= 4 is 45.5 Å². The molecule has 1 aromatic carbocycles. The van der Waals surface area contributed by atoms with Crippen LogP contribution in [0.3, 0.4) is 0 Å². The van der Waals surface area contributed by atoms with E-state index in [0.717, 1.165) is 23.1 Å². The summed E-state index contributed by atoms with van der Waals surface area (Å²) >= 11 is 3.95. The molecule has 0 aliphatic heterocycles. The summed E-state index contributed by atoms with van der Waals surface area (Å²) < 4.78 is 27.3. The van der Waals surface area contributed by atoms with Gasteiger partial charge < -0.3 is 5.32 Å². The molecule has 0 fully saturated rings. The Morgan fingerprint density at radius 3 is 2.92 bits per heavy atom. The minimum absolute atomic E-state index is 0.165. The van der Waals surface area contributed by atoms with Gasteiger partial charge in [-0.3, -0.25) is 4.79 Å². The molecule has 0 aliphatic carbocycles. The number of halogens is 2. The lowest BCUT2D eigenvalue weighted by molar-refractivity contribution is -0.115. The van der Waals surface area contributed by atoms with Crippen molar-refractivity contribution in [3.05, 3.63) is 57.8 Å². The van der Waals surface area contributed by atoms with Crippen LogP contribution in [0.4, 0.5) is 13.9 Å². The fourth-order valence-corrected chi connectivity index (χ4v) is 4.29. The topological polar surface area (TPSA) is 54.9 Å². The minimum atomic E-state index is -0.481. The van der Waals surface area contributed by atoms with Crippen LogP contribution < -0.4 is 5.32 Å². The molecule has 2 aromatic heterocycles. The van der Waals surface area contributed by atoms with Crippen LogP contribution in [0.15, 0.2) is 40.1 Å². The number of thioether (sulfide) groups is 1. The smallest absolute Gasteiger partial charge is 0.231 e. The number of rotatable bonds is 6. The van der Waals surface area contributed by atoms with Crippen molar-refractivity contribution < 1.29 is 13.6 Å². The maximum absolute atomic E-state index is 13.6. The molecule has 1 N–H and O–H groups in total. The van der Waals surface area contributed by atoms with Crippen LogP contribution in [-0.2, 0) is 17.0 Å². The highest BCUT2D eigenvalue weighted by atomic mass is 32.2. The molecule has 0 aliphatic rings. The first-order valence-electron chi connectivity index (χ1n) is 6.82. The van der Waals surface area contributed by atoms with Crippen molar-refractivity contribution in [2.75, 3.05) is 5.32 Å². The summed E-state index contributed by atoms with van der Waals surface area (Å²) in [4.78, 5) is 12.9. The number of anilines is 1. The Balaban J connectivity index is 1.55. The van der Waals surface area contributed by atoms with Crippen molar-refractivity contribution in [3.8, 4) is 0 Å². The third kappa shape index (κ3) is 4.59. The number of amides is 1. The van der Waals surface area contributed by atoms with Gasteiger partial charge in [0.2, 0.25) is 11.0 Å². The number of aromatic nitrogens is 2. The predicted molar refractivity (Wildman–Crippen MR) is 92.5 cm³/mol. The second-order valence-corrected chi connectivity index (χ2v) is 7.93. The van der Waals surface area contributed by atoms with Crippen LogP contribution in [-0.4, -0.2) is 16.1 Å². The van der Waals surface area contributed by atoms with Crippen LogP contribution in [0.2, 0.25) is 0 Å². The van der Waals surface area contributed by atoms with Gasteiger partial charge in [0.15, 0.2) is 4.34 Å². The van der Waals surface area contributed by atoms with Crippen molar-refractivity contribution in [1.82, 2.24) is 10.2 Å². The second-order valence-electron chi connectivity index (χ2n) is 4.70. The van der Waals surface area contributed by atoms with E-state index in [-0.39, 0.29) is 23.6 Å². The van der Waals surface area contributed by atoms with Crippen molar-refractivity contribution in [2.24, 2.45) is 0 Å². The molecular weight excluding hydrogens is 372 g/mol. The van der Waals surface area contributed by atoms with Gasteiger partial charge in [-0.2, -0.15) is 0 Å². The molecule has 2 heterocycles. The molecule has 3 aromatic rings. The third-order valence-corrected chi connectivity index (χ3v) is 5.82. The van der Waals surface area contributed by atoms with Gasteiger partial charge in [0.1, 0.15) is 11.6 Å². The Hall–Kier alpha value is -1.84. The zero-order chi connectivity index (χ0) is 16.9. The van der Waals surface area contributed by atoms with Crippen molar-refractivity contribution in [1.29, 1.82) is 0 Å². The normalized spacial score (nSPS) is 10.8. The molecule has 0 saturated heterocycles. The Morgan fingerprint density at radius 2 is 2.12 bits per heavy atom. The first-order valence-corrected chi connectivity index (χ1v) is 9.51. The van der Waals surface area contributed by atoms with Gasteiger partial charge in [0.25, 0.3) is 0 Å². The molecule has 3 rings (SSSR count). The summed E-state index contributed by atoms with van der Waals surface area (Å²) in [7, 11) is 0. The van der Waals surface area contributed by atoms with Gasteiger partial charge in [-0.1, -0.05) is 29.2 Å². The minimum Gasteiger partial charge on any atom is -0.300 e. The predicted octanol–water partition coefficient (Wildman–Crippen LogP) is 4.35. The molecule has 0 spiro atoms. The summed E-state index contributed by atoms with van der Waals surface area (Å²) in [6.07, 6.45) is 0.286. The fraction of sp³-hybridized carbons (Fsp3) is 0.133. The number of nitrogens with one attached hydrogen (secondary N) is 1. The highest BCUT2D eigenvalue weighted by Crippen LogP contribution is 2.29. The van der Waals surface area contributed by atoms with E-state index in [2.05, 4.69) is 15.5 Å².